The average Bonchev–Trinajstić information content (AvgIpc) is 2.83. The zero-order chi connectivity index (χ0) is 15.5. The molecule has 0 aliphatic heterocycles. The van der Waals surface area contributed by atoms with Crippen LogP contribution in [0.5, 0.6) is 0 Å². The lowest BCUT2D eigenvalue weighted by Gasteiger charge is -2.07. The van der Waals surface area contributed by atoms with Gasteiger partial charge >= 0.3 is 12.0 Å². The monoisotopic (exact) mass is 296 g/mol. The first-order valence-corrected chi connectivity index (χ1v) is 7.30. The van der Waals surface area contributed by atoms with Crippen LogP contribution in [0.2, 0.25) is 0 Å². The van der Waals surface area contributed by atoms with Crippen LogP contribution in [-0.4, -0.2) is 40.0 Å². The van der Waals surface area contributed by atoms with E-state index < -0.39 is 5.97 Å². The highest BCUT2D eigenvalue weighted by Gasteiger charge is 2.02. The van der Waals surface area contributed by atoms with E-state index in [9.17, 15) is 9.59 Å². The molecule has 7 nitrogen and oxygen atoms in total. The molecule has 0 fully saturated rings. The van der Waals surface area contributed by atoms with Crippen LogP contribution >= 0.6 is 0 Å². The lowest BCUT2D eigenvalue weighted by atomic mass is 10.1. The predicted molar refractivity (Wildman–Crippen MR) is 79.0 cm³/mol. The Labute approximate surface area is 124 Å². The molecule has 1 rings (SSSR count). The number of carbonyl (C=O) groups excluding carboxylic acids is 1. The summed E-state index contributed by atoms with van der Waals surface area (Å²) in [7, 11) is 1.87. The molecule has 1 aromatic rings. The third-order valence-electron chi connectivity index (χ3n) is 3.19. The van der Waals surface area contributed by atoms with Gasteiger partial charge in [0.05, 0.1) is 0 Å². The molecular formula is C14H24N4O3. The standard InChI is InChI=1S/C14H24N4O3/c1-18-12(8-11-17-18)7-10-16-14(21)15-9-5-3-2-4-6-13(19)20/h8,11H,2-7,9-10H2,1H3,(H,19,20)(H2,15,16,21). The van der Waals surface area contributed by atoms with Crippen LogP contribution in [0, 0.1) is 0 Å². The summed E-state index contributed by atoms with van der Waals surface area (Å²) >= 11 is 0. The summed E-state index contributed by atoms with van der Waals surface area (Å²) in [6.07, 6.45) is 6.10. The fraction of sp³-hybridized carbons (Fsp3) is 0.643. The van der Waals surface area contributed by atoms with Gasteiger partial charge in [-0.1, -0.05) is 12.8 Å². The largest absolute Gasteiger partial charge is 0.481 e. The van der Waals surface area contributed by atoms with Crippen molar-refractivity contribution in [1.82, 2.24) is 20.4 Å². The number of nitrogens with one attached hydrogen (secondary N) is 2. The Balaban J connectivity index is 1.94. The minimum absolute atomic E-state index is 0.164. The molecule has 1 heterocycles. The first-order chi connectivity index (χ1) is 10.1. The minimum atomic E-state index is -0.749. The third kappa shape index (κ3) is 7.96. The van der Waals surface area contributed by atoms with E-state index in [4.69, 9.17) is 5.11 Å². The lowest BCUT2D eigenvalue weighted by Crippen LogP contribution is -2.37. The van der Waals surface area contributed by atoms with E-state index in [1.54, 1.807) is 10.9 Å². The van der Waals surface area contributed by atoms with Gasteiger partial charge in [0.1, 0.15) is 0 Å². The summed E-state index contributed by atoms with van der Waals surface area (Å²) in [5.74, 6) is -0.749. The van der Waals surface area contributed by atoms with Gasteiger partial charge in [-0.05, 0) is 18.9 Å². The highest BCUT2D eigenvalue weighted by Crippen LogP contribution is 2.02. The second kappa shape index (κ2) is 9.79. The van der Waals surface area contributed by atoms with Crippen LogP contribution < -0.4 is 10.6 Å². The van der Waals surface area contributed by atoms with E-state index in [1.807, 2.05) is 13.1 Å². The maximum absolute atomic E-state index is 11.5. The Morgan fingerprint density at radius 3 is 2.57 bits per heavy atom. The fourth-order valence-corrected chi connectivity index (χ4v) is 1.97. The number of urea groups is 1. The SMILES string of the molecule is Cn1nccc1CCNC(=O)NCCCCCCC(=O)O. The molecule has 0 saturated carbocycles. The van der Waals surface area contributed by atoms with Crippen molar-refractivity contribution in [3.8, 4) is 0 Å². The molecule has 2 amide bonds. The van der Waals surface area contributed by atoms with E-state index in [-0.39, 0.29) is 12.5 Å². The molecular weight excluding hydrogens is 272 g/mol. The molecule has 0 spiro atoms. The molecule has 0 atom stereocenters. The molecule has 0 saturated heterocycles. The number of aryl methyl sites for hydroxylation is 1. The lowest BCUT2D eigenvalue weighted by molar-refractivity contribution is -0.137. The Kier molecular flexibility index (Phi) is 7.93. The smallest absolute Gasteiger partial charge is 0.314 e. The van der Waals surface area contributed by atoms with Gasteiger partial charge in [0.25, 0.3) is 0 Å². The van der Waals surface area contributed by atoms with Crippen molar-refractivity contribution < 1.29 is 14.7 Å². The molecule has 0 aromatic carbocycles. The predicted octanol–water partition coefficient (Wildman–Crippen LogP) is 1.30. The Morgan fingerprint density at radius 1 is 1.19 bits per heavy atom. The number of unbranched alkanes of at least 4 members (excludes halogenated alkanes) is 3. The summed E-state index contributed by atoms with van der Waals surface area (Å²) in [5, 5.41) is 18.1. The first kappa shape index (κ1) is 17.0. The maximum Gasteiger partial charge on any atom is 0.314 e. The molecule has 21 heavy (non-hydrogen) atoms. The highest BCUT2D eigenvalue weighted by atomic mass is 16.4. The van der Waals surface area contributed by atoms with Gasteiger partial charge in [-0.25, -0.2) is 4.79 Å². The summed E-state index contributed by atoms with van der Waals surface area (Å²) in [6, 6.07) is 1.76. The van der Waals surface area contributed by atoms with Gasteiger partial charge in [-0.15, -0.1) is 0 Å². The molecule has 1 aromatic heterocycles. The van der Waals surface area contributed by atoms with Crippen molar-refractivity contribution in [3.05, 3.63) is 18.0 Å². The van der Waals surface area contributed by atoms with Gasteiger partial charge < -0.3 is 15.7 Å². The van der Waals surface area contributed by atoms with Crippen LogP contribution in [-0.2, 0) is 18.3 Å². The topological polar surface area (TPSA) is 96.3 Å². The van der Waals surface area contributed by atoms with Gasteiger partial charge in [-0.3, -0.25) is 9.48 Å². The number of carbonyl (C=O) groups is 2. The zero-order valence-corrected chi connectivity index (χ0v) is 12.5. The fourth-order valence-electron chi connectivity index (χ4n) is 1.97. The van der Waals surface area contributed by atoms with Crippen molar-refractivity contribution in [1.29, 1.82) is 0 Å². The molecule has 3 N–H and O–H groups in total. The van der Waals surface area contributed by atoms with E-state index in [0.717, 1.165) is 31.4 Å². The Morgan fingerprint density at radius 2 is 1.90 bits per heavy atom. The molecule has 0 aliphatic rings. The molecule has 7 heteroatoms. The van der Waals surface area contributed by atoms with Gasteiger partial charge in [-0.2, -0.15) is 5.10 Å². The molecule has 0 bridgehead atoms. The first-order valence-electron chi connectivity index (χ1n) is 7.30. The molecule has 0 radical (unpaired) electrons. The number of nitrogens with zero attached hydrogens (tertiary/aromatic N) is 2. The van der Waals surface area contributed by atoms with E-state index in [2.05, 4.69) is 15.7 Å². The number of carboxylic acid groups (broad SMARTS) is 1. The molecule has 0 aliphatic carbocycles. The average molecular weight is 296 g/mol. The highest BCUT2D eigenvalue weighted by molar-refractivity contribution is 5.73. The van der Waals surface area contributed by atoms with E-state index in [0.29, 0.717) is 19.5 Å². The quantitative estimate of drug-likeness (QED) is 0.567. The van der Waals surface area contributed by atoms with Crippen molar-refractivity contribution in [2.75, 3.05) is 13.1 Å². The summed E-state index contributed by atoms with van der Waals surface area (Å²) < 4.78 is 1.79. The Bertz CT molecular complexity index is 445. The van der Waals surface area contributed by atoms with Crippen molar-refractivity contribution >= 4 is 12.0 Å². The summed E-state index contributed by atoms with van der Waals surface area (Å²) in [6.45, 7) is 1.19. The summed E-state index contributed by atoms with van der Waals surface area (Å²) in [5.41, 5.74) is 1.08. The van der Waals surface area contributed by atoms with Crippen LogP contribution in [0.1, 0.15) is 37.8 Å². The van der Waals surface area contributed by atoms with Crippen LogP contribution in [0.4, 0.5) is 4.79 Å². The van der Waals surface area contributed by atoms with Gasteiger partial charge in [0, 0.05) is 44.9 Å². The number of amides is 2. The van der Waals surface area contributed by atoms with Gasteiger partial charge in [0.15, 0.2) is 0 Å². The maximum atomic E-state index is 11.5. The number of aromatic nitrogens is 2. The van der Waals surface area contributed by atoms with E-state index >= 15 is 0 Å². The minimum Gasteiger partial charge on any atom is -0.481 e. The van der Waals surface area contributed by atoms with Crippen LogP contribution in [0.15, 0.2) is 12.3 Å². The number of hydrogen-bond donors (Lipinski definition) is 3. The number of rotatable bonds is 10. The Hall–Kier alpha value is -2.05. The van der Waals surface area contributed by atoms with Crippen LogP contribution in [0.25, 0.3) is 0 Å². The van der Waals surface area contributed by atoms with Crippen molar-refractivity contribution in [2.24, 2.45) is 7.05 Å². The van der Waals surface area contributed by atoms with Crippen LogP contribution in [0.3, 0.4) is 0 Å². The second-order valence-electron chi connectivity index (χ2n) is 4.94. The molecule has 118 valence electrons. The van der Waals surface area contributed by atoms with E-state index in [1.165, 1.54) is 0 Å². The van der Waals surface area contributed by atoms with Crippen molar-refractivity contribution in [2.45, 2.75) is 38.5 Å². The molecule has 0 unspecified atom stereocenters. The zero-order valence-electron chi connectivity index (χ0n) is 12.5. The second-order valence-corrected chi connectivity index (χ2v) is 4.94. The normalized spacial score (nSPS) is 10.3. The summed E-state index contributed by atoms with van der Waals surface area (Å²) in [4.78, 5) is 21.8. The number of carboxylic acids is 1. The number of hydrogen-bond acceptors (Lipinski definition) is 3. The number of aliphatic carboxylic acids is 1. The third-order valence-corrected chi connectivity index (χ3v) is 3.19. The van der Waals surface area contributed by atoms with Crippen molar-refractivity contribution in [3.63, 3.8) is 0 Å². The van der Waals surface area contributed by atoms with Gasteiger partial charge in [0.2, 0.25) is 0 Å².